The van der Waals surface area contributed by atoms with E-state index in [4.69, 9.17) is 9.47 Å². The lowest BCUT2D eigenvalue weighted by Crippen LogP contribution is -2.36. The van der Waals surface area contributed by atoms with Gasteiger partial charge in [-0.2, -0.15) is 0 Å². The summed E-state index contributed by atoms with van der Waals surface area (Å²) in [5.41, 5.74) is 3.60. The third kappa shape index (κ3) is 4.89. The van der Waals surface area contributed by atoms with Gasteiger partial charge in [-0.05, 0) is 35.4 Å². The van der Waals surface area contributed by atoms with Crippen LogP contribution in [0.1, 0.15) is 11.1 Å². The first-order chi connectivity index (χ1) is 13.3. The SMILES string of the molecule is CN=C(NCc1cccc(N2CC=CC2)c1)NCc1ccc2c(c1)OCO2.I. The molecule has 0 fully saturated rings. The molecule has 0 saturated heterocycles. The van der Waals surface area contributed by atoms with E-state index in [-0.39, 0.29) is 24.0 Å². The summed E-state index contributed by atoms with van der Waals surface area (Å²) >= 11 is 0. The van der Waals surface area contributed by atoms with Gasteiger partial charge in [-0.3, -0.25) is 4.99 Å². The molecule has 0 atom stereocenters. The highest BCUT2D eigenvalue weighted by Crippen LogP contribution is 2.32. The molecule has 2 aliphatic rings. The van der Waals surface area contributed by atoms with Gasteiger partial charge in [0.1, 0.15) is 0 Å². The molecule has 0 aliphatic carbocycles. The molecule has 0 radical (unpaired) electrons. The number of rotatable bonds is 5. The van der Waals surface area contributed by atoms with Crippen LogP contribution in [0.15, 0.2) is 59.6 Å². The van der Waals surface area contributed by atoms with Crippen molar-refractivity contribution in [1.82, 2.24) is 10.6 Å². The quantitative estimate of drug-likeness (QED) is 0.291. The Kier molecular flexibility index (Phi) is 7.02. The Balaban J connectivity index is 0.00000225. The van der Waals surface area contributed by atoms with Gasteiger partial charge in [0.15, 0.2) is 17.5 Å². The smallest absolute Gasteiger partial charge is 0.231 e. The molecule has 0 saturated carbocycles. The molecule has 6 nitrogen and oxygen atoms in total. The van der Waals surface area contributed by atoms with Crippen molar-refractivity contribution in [1.29, 1.82) is 0 Å². The predicted octanol–water partition coefficient (Wildman–Crippen LogP) is 3.27. The van der Waals surface area contributed by atoms with Crippen LogP contribution in [0.4, 0.5) is 5.69 Å². The number of anilines is 1. The Labute approximate surface area is 182 Å². The van der Waals surface area contributed by atoms with Gasteiger partial charge in [0.25, 0.3) is 0 Å². The van der Waals surface area contributed by atoms with E-state index < -0.39 is 0 Å². The fourth-order valence-electron chi connectivity index (χ4n) is 3.20. The Morgan fingerprint density at radius 2 is 1.68 bits per heavy atom. The molecule has 0 unspecified atom stereocenters. The van der Waals surface area contributed by atoms with E-state index in [0.717, 1.165) is 42.7 Å². The van der Waals surface area contributed by atoms with E-state index in [1.54, 1.807) is 7.05 Å². The van der Waals surface area contributed by atoms with Crippen LogP contribution in [0, 0.1) is 0 Å². The number of hydrogen-bond donors (Lipinski definition) is 2. The zero-order chi connectivity index (χ0) is 18.5. The van der Waals surface area contributed by atoms with Gasteiger partial charge in [-0.1, -0.05) is 30.4 Å². The Hall–Kier alpha value is -2.42. The van der Waals surface area contributed by atoms with Crippen LogP contribution in [0.25, 0.3) is 0 Å². The monoisotopic (exact) mass is 492 g/mol. The van der Waals surface area contributed by atoms with Gasteiger partial charge in [0.05, 0.1) is 0 Å². The first kappa shape index (κ1) is 20.3. The van der Waals surface area contributed by atoms with Crippen LogP contribution in [0.3, 0.4) is 0 Å². The second kappa shape index (κ2) is 9.68. The molecule has 2 aromatic rings. The topological polar surface area (TPSA) is 58.1 Å². The normalized spacial score (nSPS) is 14.8. The number of halogens is 1. The summed E-state index contributed by atoms with van der Waals surface area (Å²) < 4.78 is 10.8. The molecule has 28 heavy (non-hydrogen) atoms. The standard InChI is InChI=1S/C21H24N4O2.HI/c1-22-21(24-14-17-7-8-19-20(12-17)27-15-26-19)23-13-16-5-4-6-18(11-16)25-9-2-3-10-25;/h2-8,11-12H,9-10,13-15H2,1H3,(H2,22,23,24);1H. The second-order valence-corrected chi connectivity index (χ2v) is 6.51. The summed E-state index contributed by atoms with van der Waals surface area (Å²) in [4.78, 5) is 6.65. The number of nitrogens with zero attached hydrogens (tertiary/aromatic N) is 2. The summed E-state index contributed by atoms with van der Waals surface area (Å²) in [5, 5.41) is 6.71. The lowest BCUT2D eigenvalue weighted by atomic mass is 10.2. The molecule has 148 valence electrons. The maximum Gasteiger partial charge on any atom is 0.231 e. The molecular weight excluding hydrogens is 467 g/mol. The number of ether oxygens (including phenoxy) is 2. The number of nitrogens with one attached hydrogen (secondary N) is 2. The van der Waals surface area contributed by atoms with Crippen molar-refractivity contribution in [2.24, 2.45) is 4.99 Å². The summed E-state index contributed by atoms with van der Waals surface area (Å²) in [5.74, 6) is 2.36. The Bertz CT molecular complexity index is 861. The largest absolute Gasteiger partial charge is 0.454 e. The van der Waals surface area contributed by atoms with Crippen LogP contribution in [0.2, 0.25) is 0 Å². The van der Waals surface area contributed by atoms with Crippen molar-refractivity contribution in [2.75, 3.05) is 31.8 Å². The van der Waals surface area contributed by atoms with Crippen LogP contribution < -0.4 is 25.0 Å². The van der Waals surface area contributed by atoms with Crippen molar-refractivity contribution in [2.45, 2.75) is 13.1 Å². The zero-order valence-corrected chi connectivity index (χ0v) is 18.2. The number of fused-ring (bicyclic) bond motifs is 1. The van der Waals surface area contributed by atoms with Gasteiger partial charge in [-0.15, -0.1) is 24.0 Å². The van der Waals surface area contributed by atoms with Crippen LogP contribution in [-0.4, -0.2) is 32.9 Å². The van der Waals surface area contributed by atoms with E-state index in [1.165, 1.54) is 11.3 Å². The van der Waals surface area contributed by atoms with Crippen molar-refractivity contribution >= 4 is 35.6 Å². The second-order valence-electron chi connectivity index (χ2n) is 6.51. The fourth-order valence-corrected chi connectivity index (χ4v) is 3.20. The lowest BCUT2D eigenvalue weighted by molar-refractivity contribution is 0.174. The van der Waals surface area contributed by atoms with Crippen LogP contribution in [-0.2, 0) is 13.1 Å². The van der Waals surface area contributed by atoms with Crippen LogP contribution >= 0.6 is 24.0 Å². The van der Waals surface area contributed by atoms with Gasteiger partial charge in [-0.25, -0.2) is 0 Å². The maximum absolute atomic E-state index is 5.43. The van der Waals surface area contributed by atoms with Crippen molar-refractivity contribution in [3.8, 4) is 11.5 Å². The minimum atomic E-state index is 0. The van der Waals surface area contributed by atoms with E-state index in [2.05, 4.69) is 56.9 Å². The molecule has 7 heteroatoms. The van der Waals surface area contributed by atoms with E-state index >= 15 is 0 Å². The summed E-state index contributed by atoms with van der Waals surface area (Å²) in [7, 11) is 1.78. The van der Waals surface area contributed by atoms with Crippen molar-refractivity contribution in [3.05, 3.63) is 65.7 Å². The van der Waals surface area contributed by atoms with Crippen molar-refractivity contribution in [3.63, 3.8) is 0 Å². The molecule has 2 aromatic carbocycles. The number of hydrogen-bond acceptors (Lipinski definition) is 4. The highest BCUT2D eigenvalue weighted by Gasteiger charge is 2.13. The highest BCUT2D eigenvalue weighted by molar-refractivity contribution is 14.0. The molecule has 2 N–H and O–H groups in total. The van der Waals surface area contributed by atoms with E-state index in [1.807, 2.05) is 18.2 Å². The average molecular weight is 492 g/mol. The number of benzene rings is 2. The van der Waals surface area contributed by atoms with Crippen LogP contribution in [0.5, 0.6) is 11.5 Å². The predicted molar refractivity (Wildman–Crippen MR) is 123 cm³/mol. The van der Waals surface area contributed by atoms with Gasteiger partial charge >= 0.3 is 0 Å². The lowest BCUT2D eigenvalue weighted by Gasteiger charge is -2.19. The van der Waals surface area contributed by atoms with Crippen molar-refractivity contribution < 1.29 is 9.47 Å². The van der Waals surface area contributed by atoms with Gasteiger partial charge in [0, 0.05) is 38.9 Å². The summed E-state index contributed by atoms with van der Waals surface area (Å²) in [6.45, 7) is 3.64. The first-order valence-corrected chi connectivity index (χ1v) is 9.14. The fraction of sp³-hybridized carbons (Fsp3) is 0.286. The summed E-state index contributed by atoms with van der Waals surface area (Å²) in [6, 6.07) is 14.6. The Morgan fingerprint density at radius 1 is 0.964 bits per heavy atom. The average Bonchev–Trinajstić information content (AvgIpc) is 3.40. The molecule has 4 rings (SSSR count). The molecule has 2 heterocycles. The third-order valence-corrected chi connectivity index (χ3v) is 4.67. The maximum atomic E-state index is 5.43. The molecular formula is C21H25IN4O2. The summed E-state index contributed by atoms with van der Waals surface area (Å²) in [6.07, 6.45) is 4.40. The van der Waals surface area contributed by atoms with Gasteiger partial charge in [0.2, 0.25) is 6.79 Å². The number of guanidine groups is 1. The minimum absolute atomic E-state index is 0. The first-order valence-electron chi connectivity index (χ1n) is 9.14. The minimum Gasteiger partial charge on any atom is -0.454 e. The third-order valence-electron chi connectivity index (χ3n) is 4.67. The molecule has 0 bridgehead atoms. The highest BCUT2D eigenvalue weighted by atomic mass is 127. The molecule has 0 amide bonds. The molecule has 0 aromatic heterocycles. The molecule has 0 spiro atoms. The van der Waals surface area contributed by atoms with Gasteiger partial charge < -0.3 is 25.0 Å². The van der Waals surface area contributed by atoms with E-state index in [0.29, 0.717) is 13.3 Å². The Morgan fingerprint density at radius 3 is 2.43 bits per heavy atom. The zero-order valence-electron chi connectivity index (χ0n) is 15.9. The van der Waals surface area contributed by atoms with E-state index in [9.17, 15) is 0 Å². The molecule has 2 aliphatic heterocycles. The number of aliphatic imine (C=N–C) groups is 1.